The van der Waals surface area contributed by atoms with Gasteiger partial charge in [0.25, 0.3) is 0 Å². The van der Waals surface area contributed by atoms with Crippen LogP contribution in [0.4, 0.5) is 10.1 Å². The van der Waals surface area contributed by atoms with Crippen molar-refractivity contribution in [3.8, 4) is 0 Å². The van der Waals surface area contributed by atoms with Gasteiger partial charge in [0.1, 0.15) is 5.82 Å². The van der Waals surface area contributed by atoms with Gasteiger partial charge in [0, 0.05) is 31.4 Å². The molecule has 0 amide bonds. The van der Waals surface area contributed by atoms with Gasteiger partial charge in [-0.15, -0.1) is 0 Å². The highest BCUT2D eigenvalue weighted by Gasteiger charge is 2.22. The highest BCUT2D eigenvalue weighted by atomic mass is 19.1. The van der Waals surface area contributed by atoms with Gasteiger partial charge in [-0.3, -0.25) is 4.68 Å². The van der Waals surface area contributed by atoms with Crippen molar-refractivity contribution in [1.29, 1.82) is 0 Å². The second kappa shape index (κ2) is 3.87. The Morgan fingerprint density at radius 3 is 3.12 bits per heavy atom. The molecule has 1 aromatic heterocycles. The van der Waals surface area contributed by atoms with Gasteiger partial charge >= 0.3 is 0 Å². The second-order valence-electron chi connectivity index (χ2n) is 4.45. The van der Waals surface area contributed by atoms with Gasteiger partial charge in [-0.2, -0.15) is 5.10 Å². The Morgan fingerprint density at radius 1 is 1.47 bits per heavy atom. The number of rotatable bonds is 1. The summed E-state index contributed by atoms with van der Waals surface area (Å²) < 4.78 is 15.0. The fourth-order valence-corrected chi connectivity index (χ4v) is 2.46. The highest BCUT2D eigenvalue weighted by Crippen LogP contribution is 2.36. The maximum absolute atomic E-state index is 13.2. The summed E-state index contributed by atoms with van der Waals surface area (Å²) in [4.78, 5) is 0. The maximum Gasteiger partial charge on any atom is 0.125 e. The molecule has 3 rings (SSSR count). The van der Waals surface area contributed by atoms with Gasteiger partial charge in [-0.25, -0.2) is 4.39 Å². The van der Waals surface area contributed by atoms with Crippen molar-refractivity contribution in [2.75, 3.05) is 11.9 Å². The van der Waals surface area contributed by atoms with Crippen LogP contribution >= 0.6 is 0 Å². The summed E-state index contributed by atoms with van der Waals surface area (Å²) in [5.74, 6) is 0.128. The maximum atomic E-state index is 13.2. The molecule has 0 spiro atoms. The lowest BCUT2D eigenvalue weighted by Crippen LogP contribution is -2.17. The number of halogens is 1. The molecule has 0 bridgehead atoms. The number of aryl methyl sites for hydroxylation is 1. The third-order valence-corrected chi connectivity index (χ3v) is 3.27. The van der Waals surface area contributed by atoms with Gasteiger partial charge in [0.05, 0.1) is 6.20 Å². The number of benzene rings is 1. The molecule has 88 valence electrons. The fourth-order valence-electron chi connectivity index (χ4n) is 2.46. The van der Waals surface area contributed by atoms with E-state index in [0.717, 1.165) is 24.2 Å². The minimum Gasteiger partial charge on any atom is -0.385 e. The predicted molar refractivity (Wildman–Crippen MR) is 64.6 cm³/mol. The summed E-state index contributed by atoms with van der Waals surface area (Å²) in [6.45, 7) is 0.871. The van der Waals surface area contributed by atoms with E-state index in [9.17, 15) is 4.39 Å². The summed E-state index contributed by atoms with van der Waals surface area (Å²) >= 11 is 0. The summed E-state index contributed by atoms with van der Waals surface area (Å²) in [6.07, 6.45) is 4.94. The molecule has 0 aliphatic carbocycles. The number of nitrogens with zero attached hydrogens (tertiary/aromatic N) is 2. The Morgan fingerprint density at radius 2 is 2.35 bits per heavy atom. The van der Waals surface area contributed by atoms with Crippen molar-refractivity contribution >= 4 is 5.69 Å². The van der Waals surface area contributed by atoms with E-state index in [0.29, 0.717) is 5.92 Å². The SMILES string of the molecule is Cn1cc(C2CCNc3cc(F)ccc32)cn1. The molecule has 1 atom stereocenters. The minimum absolute atomic E-state index is 0.192. The average molecular weight is 231 g/mol. The first-order valence-electron chi connectivity index (χ1n) is 5.76. The molecule has 0 saturated heterocycles. The van der Waals surface area contributed by atoms with Gasteiger partial charge in [0.15, 0.2) is 0 Å². The second-order valence-corrected chi connectivity index (χ2v) is 4.45. The lowest BCUT2D eigenvalue weighted by molar-refractivity contribution is 0.623. The lowest BCUT2D eigenvalue weighted by atomic mass is 9.87. The Kier molecular flexibility index (Phi) is 2.35. The molecule has 3 nitrogen and oxygen atoms in total. The predicted octanol–water partition coefficient (Wildman–Crippen LogP) is 2.51. The van der Waals surface area contributed by atoms with E-state index in [1.54, 1.807) is 10.7 Å². The van der Waals surface area contributed by atoms with Crippen LogP contribution in [0.1, 0.15) is 23.5 Å². The number of anilines is 1. The van der Waals surface area contributed by atoms with Crippen molar-refractivity contribution in [3.63, 3.8) is 0 Å². The molecule has 1 unspecified atom stereocenters. The largest absolute Gasteiger partial charge is 0.385 e. The molecule has 0 radical (unpaired) electrons. The number of hydrogen-bond donors (Lipinski definition) is 1. The molecular weight excluding hydrogens is 217 g/mol. The minimum atomic E-state index is -0.192. The van der Waals surface area contributed by atoms with E-state index in [1.807, 2.05) is 25.5 Å². The van der Waals surface area contributed by atoms with Crippen LogP contribution in [0.25, 0.3) is 0 Å². The standard InChI is InChI=1S/C13H14FN3/c1-17-8-9(7-16-17)11-4-5-15-13-6-10(14)2-3-12(11)13/h2-3,6-8,11,15H,4-5H2,1H3. The average Bonchev–Trinajstić information content (AvgIpc) is 2.74. The molecule has 2 aromatic rings. The van der Waals surface area contributed by atoms with Gasteiger partial charge in [-0.1, -0.05) is 6.07 Å². The van der Waals surface area contributed by atoms with Crippen LogP contribution in [0.5, 0.6) is 0 Å². The van der Waals surface area contributed by atoms with E-state index < -0.39 is 0 Å². The molecule has 4 heteroatoms. The summed E-state index contributed by atoms with van der Waals surface area (Å²) in [6, 6.07) is 4.96. The van der Waals surface area contributed by atoms with E-state index in [2.05, 4.69) is 10.4 Å². The number of hydrogen-bond acceptors (Lipinski definition) is 2. The van der Waals surface area contributed by atoms with Gasteiger partial charge < -0.3 is 5.32 Å². The molecule has 1 aliphatic rings. The summed E-state index contributed by atoms with van der Waals surface area (Å²) in [7, 11) is 1.91. The highest BCUT2D eigenvalue weighted by molar-refractivity contribution is 5.57. The van der Waals surface area contributed by atoms with Crippen molar-refractivity contribution in [3.05, 3.63) is 47.5 Å². The number of nitrogens with one attached hydrogen (secondary N) is 1. The van der Waals surface area contributed by atoms with Crippen molar-refractivity contribution in [2.45, 2.75) is 12.3 Å². The molecule has 1 N–H and O–H groups in total. The number of fused-ring (bicyclic) bond motifs is 1. The molecule has 17 heavy (non-hydrogen) atoms. The first kappa shape index (κ1) is 10.3. The molecule has 1 aliphatic heterocycles. The first-order chi connectivity index (χ1) is 8.24. The lowest BCUT2D eigenvalue weighted by Gasteiger charge is -2.26. The summed E-state index contributed by atoms with van der Waals surface area (Å²) in [5, 5.41) is 7.45. The third kappa shape index (κ3) is 1.79. The first-order valence-corrected chi connectivity index (χ1v) is 5.76. The molecule has 2 heterocycles. The molecule has 1 aromatic carbocycles. The Balaban J connectivity index is 2.05. The van der Waals surface area contributed by atoms with Crippen LogP contribution in [0, 0.1) is 5.82 Å². The zero-order valence-electron chi connectivity index (χ0n) is 9.65. The Hall–Kier alpha value is -1.84. The third-order valence-electron chi connectivity index (χ3n) is 3.27. The van der Waals surface area contributed by atoms with Gasteiger partial charge in [-0.05, 0) is 29.7 Å². The van der Waals surface area contributed by atoms with Crippen molar-refractivity contribution < 1.29 is 4.39 Å². The van der Waals surface area contributed by atoms with Crippen molar-refractivity contribution in [1.82, 2.24) is 9.78 Å². The molecular formula is C13H14FN3. The van der Waals surface area contributed by atoms with Crippen LogP contribution in [-0.2, 0) is 7.05 Å². The van der Waals surface area contributed by atoms with Crippen LogP contribution in [0.15, 0.2) is 30.6 Å². The fraction of sp³-hybridized carbons (Fsp3) is 0.308. The monoisotopic (exact) mass is 231 g/mol. The Bertz CT molecular complexity index is 547. The van der Waals surface area contributed by atoms with Crippen LogP contribution in [-0.4, -0.2) is 16.3 Å². The normalized spacial score (nSPS) is 18.6. The number of aromatic nitrogens is 2. The molecule has 0 fully saturated rings. The zero-order valence-corrected chi connectivity index (χ0v) is 9.65. The van der Waals surface area contributed by atoms with Crippen LogP contribution in [0.2, 0.25) is 0 Å². The van der Waals surface area contributed by atoms with Gasteiger partial charge in [0.2, 0.25) is 0 Å². The Labute approximate surface area is 99.3 Å². The smallest absolute Gasteiger partial charge is 0.125 e. The summed E-state index contributed by atoms with van der Waals surface area (Å²) in [5.41, 5.74) is 3.26. The molecule has 0 saturated carbocycles. The quantitative estimate of drug-likeness (QED) is 0.817. The van der Waals surface area contributed by atoms with Crippen molar-refractivity contribution in [2.24, 2.45) is 7.05 Å². The van der Waals surface area contributed by atoms with E-state index in [-0.39, 0.29) is 5.82 Å². The topological polar surface area (TPSA) is 29.9 Å². The van der Waals surface area contributed by atoms with E-state index in [1.165, 1.54) is 11.6 Å². The van der Waals surface area contributed by atoms with E-state index >= 15 is 0 Å². The zero-order chi connectivity index (χ0) is 11.8. The van der Waals surface area contributed by atoms with Crippen LogP contribution < -0.4 is 5.32 Å². The van der Waals surface area contributed by atoms with Crippen LogP contribution in [0.3, 0.4) is 0 Å². The van der Waals surface area contributed by atoms with E-state index in [4.69, 9.17) is 0 Å².